The molecule has 1 aromatic heterocycles. The summed E-state index contributed by atoms with van der Waals surface area (Å²) in [5.41, 5.74) is 6.54. The molecule has 0 fully saturated rings. The molecule has 0 bridgehead atoms. The van der Waals surface area contributed by atoms with Gasteiger partial charge in [0.1, 0.15) is 11.6 Å². The van der Waals surface area contributed by atoms with Crippen molar-refractivity contribution < 1.29 is 9.13 Å². The fourth-order valence-corrected chi connectivity index (χ4v) is 1.77. The van der Waals surface area contributed by atoms with Gasteiger partial charge in [0.15, 0.2) is 0 Å². The lowest BCUT2D eigenvalue weighted by atomic mass is 10.2. The second kappa shape index (κ2) is 6.63. The van der Waals surface area contributed by atoms with Crippen LogP contribution in [0, 0.1) is 11.7 Å². The molecule has 2 aromatic rings. The number of ether oxygens (including phenoxy) is 1. The predicted molar refractivity (Wildman–Crippen MR) is 83.7 cm³/mol. The average molecular weight is 310 g/mol. The zero-order valence-corrected chi connectivity index (χ0v) is 12.6. The number of pyridine rings is 1. The van der Waals surface area contributed by atoms with Crippen LogP contribution in [0.3, 0.4) is 0 Å². The van der Waals surface area contributed by atoms with E-state index in [1.54, 1.807) is 24.3 Å². The second-order valence-electron chi connectivity index (χ2n) is 5.04. The molecule has 0 aliphatic heterocycles. The van der Waals surface area contributed by atoms with Gasteiger partial charge in [-0.25, -0.2) is 4.39 Å². The van der Waals surface area contributed by atoms with Crippen LogP contribution < -0.4 is 15.8 Å². The smallest absolute Gasteiger partial charge is 0.239 e. The quantitative estimate of drug-likeness (QED) is 0.867. The maximum Gasteiger partial charge on any atom is 0.239 e. The number of hydrogen-bond donors (Lipinski definition) is 2. The van der Waals surface area contributed by atoms with Crippen LogP contribution >= 0.6 is 11.6 Å². The third kappa shape index (κ3) is 4.23. The van der Waals surface area contributed by atoms with Crippen molar-refractivity contribution in [2.24, 2.45) is 5.92 Å². The Labute approximate surface area is 128 Å². The number of anilines is 3. The number of rotatable bonds is 5. The molecule has 0 aliphatic rings. The normalized spacial score (nSPS) is 10.7. The van der Waals surface area contributed by atoms with Crippen molar-refractivity contribution in [3.8, 4) is 5.88 Å². The first-order valence-corrected chi connectivity index (χ1v) is 6.95. The first kappa shape index (κ1) is 15.4. The number of halogens is 2. The van der Waals surface area contributed by atoms with E-state index < -0.39 is 5.82 Å². The summed E-state index contributed by atoms with van der Waals surface area (Å²) < 4.78 is 19.3. The van der Waals surface area contributed by atoms with Crippen molar-refractivity contribution in [2.75, 3.05) is 17.7 Å². The van der Waals surface area contributed by atoms with E-state index in [0.717, 1.165) is 0 Å². The first-order valence-electron chi connectivity index (χ1n) is 6.57. The van der Waals surface area contributed by atoms with E-state index in [9.17, 15) is 4.39 Å². The van der Waals surface area contributed by atoms with E-state index >= 15 is 0 Å². The number of nitrogens with two attached hydrogens (primary N) is 1. The molecule has 0 atom stereocenters. The van der Waals surface area contributed by atoms with E-state index in [-0.39, 0.29) is 5.69 Å². The molecule has 0 spiro atoms. The highest BCUT2D eigenvalue weighted by molar-refractivity contribution is 6.30. The van der Waals surface area contributed by atoms with Gasteiger partial charge in [-0.2, -0.15) is 4.98 Å². The van der Waals surface area contributed by atoms with Gasteiger partial charge in [0.25, 0.3) is 0 Å². The minimum atomic E-state index is -0.453. The summed E-state index contributed by atoms with van der Waals surface area (Å²) in [7, 11) is 0. The van der Waals surface area contributed by atoms with Crippen molar-refractivity contribution in [1.29, 1.82) is 0 Å². The summed E-state index contributed by atoms with van der Waals surface area (Å²) in [6.07, 6.45) is 0. The van der Waals surface area contributed by atoms with Crippen LogP contribution in [-0.4, -0.2) is 11.6 Å². The lowest BCUT2D eigenvalue weighted by Crippen LogP contribution is -2.08. The van der Waals surface area contributed by atoms with Gasteiger partial charge >= 0.3 is 0 Å². The van der Waals surface area contributed by atoms with Crippen LogP contribution in [0.2, 0.25) is 5.02 Å². The summed E-state index contributed by atoms with van der Waals surface area (Å²) in [4.78, 5) is 4.25. The van der Waals surface area contributed by atoms with Gasteiger partial charge < -0.3 is 15.8 Å². The Hall–Kier alpha value is -2.01. The highest BCUT2D eigenvalue weighted by Crippen LogP contribution is 2.26. The van der Waals surface area contributed by atoms with E-state index in [1.165, 1.54) is 6.07 Å². The molecule has 0 unspecified atom stereocenters. The zero-order valence-electron chi connectivity index (χ0n) is 11.9. The third-order valence-corrected chi connectivity index (χ3v) is 2.87. The minimum absolute atomic E-state index is 0.284. The van der Waals surface area contributed by atoms with Crippen LogP contribution in [-0.2, 0) is 0 Å². The standard InChI is InChI=1S/C15H17ClFN3O/c1-9(2)8-21-15-12(18)4-6-14(20-15)19-13-5-3-10(16)7-11(13)17/h3-7,9H,8,18H2,1-2H3,(H,19,20). The highest BCUT2D eigenvalue weighted by atomic mass is 35.5. The number of benzene rings is 1. The molecule has 112 valence electrons. The molecular weight excluding hydrogens is 293 g/mol. The second-order valence-corrected chi connectivity index (χ2v) is 5.48. The summed E-state index contributed by atoms with van der Waals surface area (Å²) >= 11 is 5.72. The summed E-state index contributed by atoms with van der Waals surface area (Å²) in [5, 5.41) is 3.21. The van der Waals surface area contributed by atoms with Crippen LogP contribution in [0.25, 0.3) is 0 Å². The zero-order chi connectivity index (χ0) is 15.4. The molecule has 3 N–H and O–H groups in total. The van der Waals surface area contributed by atoms with Gasteiger partial charge in [-0.3, -0.25) is 0 Å². The third-order valence-electron chi connectivity index (χ3n) is 2.64. The molecule has 0 aliphatic carbocycles. The van der Waals surface area contributed by atoms with E-state index in [2.05, 4.69) is 10.3 Å². The number of hydrogen-bond acceptors (Lipinski definition) is 4. The molecule has 0 amide bonds. The maximum absolute atomic E-state index is 13.7. The minimum Gasteiger partial charge on any atom is -0.476 e. The van der Waals surface area contributed by atoms with E-state index in [1.807, 2.05) is 13.8 Å². The Morgan fingerprint density at radius 1 is 1.33 bits per heavy atom. The van der Waals surface area contributed by atoms with Crippen molar-refractivity contribution in [3.63, 3.8) is 0 Å². The number of aromatic nitrogens is 1. The number of nitrogen functional groups attached to an aromatic ring is 1. The highest BCUT2D eigenvalue weighted by Gasteiger charge is 2.08. The molecule has 21 heavy (non-hydrogen) atoms. The van der Waals surface area contributed by atoms with Crippen LogP contribution in [0.5, 0.6) is 5.88 Å². The van der Waals surface area contributed by atoms with Gasteiger partial charge in [-0.15, -0.1) is 0 Å². The summed E-state index contributed by atoms with van der Waals surface area (Å²) in [6.45, 7) is 4.57. The number of nitrogens with zero attached hydrogens (tertiary/aromatic N) is 1. The summed E-state index contributed by atoms with van der Waals surface area (Å²) in [5.74, 6) is 0.689. The van der Waals surface area contributed by atoms with Crippen LogP contribution in [0.1, 0.15) is 13.8 Å². The molecule has 0 saturated heterocycles. The van der Waals surface area contributed by atoms with Crippen molar-refractivity contribution >= 4 is 28.8 Å². The van der Waals surface area contributed by atoms with Crippen molar-refractivity contribution in [1.82, 2.24) is 4.98 Å². The Morgan fingerprint density at radius 3 is 2.76 bits per heavy atom. The van der Waals surface area contributed by atoms with E-state index in [0.29, 0.717) is 34.9 Å². The molecule has 1 aromatic carbocycles. The molecule has 0 radical (unpaired) electrons. The van der Waals surface area contributed by atoms with Crippen LogP contribution in [0.15, 0.2) is 30.3 Å². The lowest BCUT2D eigenvalue weighted by Gasteiger charge is -2.12. The number of nitrogens with one attached hydrogen (secondary N) is 1. The fourth-order valence-electron chi connectivity index (χ4n) is 1.61. The molecule has 2 rings (SSSR count). The van der Waals surface area contributed by atoms with Gasteiger partial charge in [-0.1, -0.05) is 25.4 Å². The predicted octanol–water partition coefficient (Wildman–Crippen LogP) is 4.23. The van der Waals surface area contributed by atoms with Crippen molar-refractivity contribution in [3.05, 3.63) is 41.2 Å². The first-order chi connectivity index (χ1) is 9.95. The van der Waals surface area contributed by atoms with Crippen LogP contribution in [0.4, 0.5) is 21.6 Å². The Bertz CT molecular complexity index is 634. The SMILES string of the molecule is CC(C)COc1nc(Nc2ccc(Cl)cc2F)ccc1N. The summed E-state index contributed by atoms with van der Waals surface area (Å²) in [6, 6.07) is 7.70. The van der Waals surface area contributed by atoms with Gasteiger partial charge in [0, 0.05) is 5.02 Å². The Balaban J connectivity index is 2.18. The van der Waals surface area contributed by atoms with Crippen molar-refractivity contribution in [2.45, 2.75) is 13.8 Å². The molecular formula is C15H17ClFN3O. The largest absolute Gasteiger partial charge is 0.476 e. The topological polar surface area (TPSA) is 60.2 Å². The molecule has 4 nitrogen and oxygen atoms in total. The molecule has 6 heteroatoms. The van der Waals surface area contributed by atoms with Gasteiger partial charge in [0.2, 0.25) is 5.88 Å². The molecule has 0 saturated carbocycles. The average Bonchev–Trinajstić information content (AvgIpc) is 2.42. The lowest BCUT2D eigenvalue weighted by molar-refractivity contribution is 0.263. The van der Waals surface area contributed by atoms with E-state index in [4.69, 9.17) is 22.1 Å². The maximum atomic E-state index is 13.7. The van der Waals surface area contributed by atoms with Gasteiger partial charge in [-0.05, 0) is 36.2 Å². The fraction of sp³-hybridized carbons (Fsp3) is 0.267. The Kier molecular flexibility index (Phi) is 4.85. The molecule has 1 heterocycles. The van der Waals surface area contributed by atoms with Gasteiger partial charge in [0.05, 0.1) is 18.0 Å². The monoisotopic (exact) mass is 309 g/mol. The Morgan fingerprint density at radius 2 is 2.10 bits per heavy atom.